The fourth-order valence-electron chi connectivity index (χ4n) is 2.54. The summed E-state index contributed by atoms with van der Waals surface area (Å²) < 4.78 is 29.9. The number of Topliss-reactive ketones (excluding diaryl/α,β-unsaturated/α-hetero) is 2. The lowest BCUT2D eigenvalue weighted by molar-refractivity contribution is -0.894. The predicted octanol–water partition coefficient (Wildman–Crippen LogP) is 1.65. The molecule has 0 spiro atoms. The van der Waals surface area contributed by atoms with Gasteiger partial charge in [0.05, 0.1) is 19.6 Å². The highest BCUT2D eigenvalue weighted by Gasteiger charge is 2.67. The Hall–Kier alpha value is -0.700. The average molecular weight is 445 g/mol. The number of carbonyl (C=O) groups is 2. The maximum absolute atomic E-state index is 12.1. The number of quaternary nitrogens is 1. The van der Waals surface area contributed by atoms with Crippen molar-refractivity contribution in [1.29, 1.82) is 0 Å². The van der Waals surface area contributed by atoms with Gasteiger partial charge >= 0.3 is 0 Å². The third-order valence-corrected chi connectivity index (χ3v) is 7.82. The Morgan fingerprint density at radius 1 is 1.00 bits per heavy atom. The van der Waals surface area contributed by atoms with Gasteiger partial charge in [-0.1, -0.05) is 59.1 Å². The van der Waals surface area contributed by atoms with E-state index in [0.29, 0.717) is 0 Å². The van der Waals surface area contributed by atoms with E-state index in [1.54, 1.807) is 4.90 Å². The van der Waals surface area contributed by atoms with Gasteiger partial charge in [0.15, 0.2) is 11.6 Å². The molecule has 10 heteroatoms. The Kier molecular flexibility index (Phi) is 7.67. The van der Waals surface area contributed by atoms with E-state index < -0.39 is 30.2 Å². The summed E-state index contributed by atoms with van der Waals surface area (Å²) in [7, 11) is -5.42. The van der Waals surface area contributed by atoms with Gasteiger partial charge in [-0.05, 0) is 20.8 Å². The number of halogens is 3. The molecule has 0 fully saturated rings. The van der Waals surface area contributed by atoms with Crippen LogP contribution in [0.5, 0.6) is 0 Å². The summed E-state index contributed by atoms with van der Waals surface area (Å²) in [5.41, 5.74) is -0.256. The van der Waals surface area contributed by atoms with Gasteiger partial charge in [0, 0.05) is 11.1 Å². The molecule has 0 heterocycles. The van der Waals surface area contributed by atoms with Crippen LogP contribution in [0.3, 0.4) is 0 Å². The molecular formula is C16H20Cl3NO5S. The van der Waals surface area contributed by atoms with E-state index in [4.69, 9.17) is 34.8 Å². The van der Waals surface area contributed by atoms with E-state index in [1.807, 2.05) is 0 Å². The molecule has 1 N–H and O–H groups in total. The maximum Gasteiger partial charge on any atom is 0.239 e. The maximum atomic E-state index is 12.1. The van der Waals surface area contributed by atoms with Crippen molar-refractivity contribution in [1.82, 2.24) is 0 Å². The molecule has 0 atom stereocenters. The normalized spacial score (nSPS) is 16.3. The Morgan fingerprint density at radius 3 is 1.58 bits per heavy atom. The Balaban J connectivity index is 0.000000412. The largest absolute Gasteiger partial charge is 0.746 e. The summed E-state index contributed by atoms with van der Waals surface area (Å²) in [6, 6.07) is 5.42. The number of nitrogens with one attached hydrogen (secondary N) is 1. The molecular weight excluding hydrogens is 425 g/mol. The van der Waals surface area contributed by atoms with Crippen molar-refractivity contribution in [3.63, 3.8) is 0 Å². The highest BCUT2D eigenvalue weighted by molar-refractivity contribution is 7.90. The quantitative estimate of drug-likeness (QED) is 0.423. The van der Waals surface area contributed by atoms with Gasteiger partial charge in [-0.15, -0.1) is 0 Å². The first-order valence-electron chi connectivity index (χ1n) is 7.94. The Bertz CT molecular complexity index is 750. The van der Waals surface area contributed by atoms with Gasteiger partial charge in [-0.3, -0.25) is 9.59 Å². The van der Waals surface area contributed by atoms with E-state index in [0.717, 1.165) is 0 Å². The molecule has 0 amide bonds. The van der Waals surface area contributed by atoms with Crippen LogP contribution >= 0.6 is 34.8 Å². The SMILES string of the molecule is CC[NH+](CC)CC.O=C1c2ccccc2C(=O)C1(Cl)C(Cl)(Cl)S(=O)(=O)[O-]. The minimum atomic E-state index is -5.42. The predicted molar refractivity (Wildman–Crippen MR) is 100 cm³/mol. The molecule has 26 heavy (non-hydrogen) atoms. The lowest BCUT2D eigenvalue weighted by atomic mass is 10.1. The molecule has 1 aromatic rings. The lowest BCUT2D eigenvalue weighted by Gasteiger charge is -2.33. The van der Waals surface area contributed by atoms with Crippen LogP contribution in [0.2, 0.25) is 0 Å². The molecule has 0 unspecified atom stereocenters. The van der Waals surface area contributed by atoms with Gasteiger partial charge in [0.2, 0.25) is 8.54 Å². The zero-order chi connectivity index (χ0) is 20.3. The summed E-state index contributed by atoms with van der Waals surface area (Å²) in [6.07, 6.45) is 0. The van der Waals surface area contributed by atoms with Gasteiger partial charge in [-0.25, -0.2) is 8.42 Å². The monoisotopic (exact) mass is 443 g/mol. The lowest BCUT2D eigenvalue weighted by Crippen LogP contribution is -3.11. The number of carbonyl (C=O) groups excluding carboxylic acids is 2. The zero-order valence-electron chi connectivity index (χ0n) is 14.5. The third-order valence-electron chi connectivity index (χ3n) is 4.26. The molecule has 1 aromatic carbocycles. The van der Waals surface area contributed by atoms with Gasteiger partial charge in [0.1, 0.15) is 10.1 Å². The van der Waals surface area contributed by atoms with Crippen LogP contribution in [0, 0.1) is 0 Å². The van der Waals surface area contributed by atoms with Crippen molar-refractivity contribution in [2.24, 2.45) is 0 Å². The standard InChI is InChI=1S/C10H5Cl3O5S.C6H15N/c11-9(10(12,13)19(16,17)18)7(14)5-3-1-2-4-6(5)8(9)15;1-4-7(5-2)6-3/h1-4H,(H,16,17,18);4-6H2,1-3H3. The highest BCUT2D eigenvalue weighted by Crippen LogP contribution is 2.50. The molecule has 0 radical (unpaired) electrons. The van der Waals surface area contributed by atoms with Crippen molar-refractivity contribution in [2.75, 3.05) is 19.6 Å². The first kappa shape index (κ1) is 23.3. The Morgan fingerprint density at radius 2 is 1.35 bits per heavy atom. The van der Waals surface area contributed by atoms with E-state index >= 15 is 0 Å². The van der Waals surface area contributed by atoms with Crippen LogP contribution in [0.1, 0.15) is 41.5 Å². The summed E-state index contributed by atoms with van der Waals surface area (Å²) in [6.45, 7) is 10.5. The minimum Gasteiger partial charge on any atom is -0.746 e. The van der Waals surface area contributed by atoms with Gasteiger partial charge in [-0.2, -0.15) is 0 Å². The van der Waals surface area contributed by atoms with Crippen LogP contribution < -0.4 is 4.90 Å². The van der Waals surface area contributed by atoms with E-state index in [1.165, 1.54) is 43.9 Å². The third kappa shape index (κ3) is 3.93. The second-order valence-corrected chi connectivity index (χ2v) is 9.51. The second-order valence-electron chi connectivity index (χ2n) is 5.64. The fraction of sp³-hybridized carbons (Fsp3) is 0.500. The fourth-order valence-corrected chi connectivity index (χ4v) is 3.90. The average Bonchev–Trinajstić information content (AvgIpc) is 2.79. The summed E-state index contributed by atoms with van der Waals surface area (Å²) >= 11 is 16.6. The molecule has 0 saturated heterocycles. The molecule has 1 aliphatic rings. The number of fused-ring (bicyclic) bond motifs is 1. The van der Waals surface area contributed by atoms with Crippen LogP contribution in [-0.4, -0.2) is 52.7 Å². The van der Waals surface area contributed by atoms with Gasteiger partial charge in [0.25, 0.3) is 0 Å². The van der Waals surface area contributed by atoms with Crippen LogP contribution in [0.4, 0.5) is 0 Å². The molecule has 1 aliphatic carbocycles. The van der Waals surface area contributed by atoms with E-state index in [-0.39, 0.29) is 11.1 Å². The van der Waals surface area contributed by atoms with Crippen molar-refractivity contribution in [3.05, 3.63) is 35.4 Å². The summed E-state index contributed by atoms with van der Waals surface area (Å²) in [4.78, 5) is 23.0. The van der Waals surface area contributed by atoms with E-state index in [9.17, 15) is 22.6 Å². The zero-order valence-corrected chi connectivity index (χ0v) is 17.6. The van der Waals surface area contributed by atoms with Crippen molar-refractivity contribution < 1.29 is 27.5 Å². The van der Waals surface area contributed by atoms with Crippen LogP contribution in [0.25, 0.3) is 0 Å². The molecule has 2 rings (SSSR count). The van der Waals surface area contributed by atoms with E-state index in [2.05, 4.69) is 20.8 Å². The van der Waals surface area contributed by atoms with Crippen LogP contribution in [-0.2, 0) is 10.1 Å². The van der Waals surface area contributed by atoms with Crippen molar-refractivity contribution in [2.45, 2.75) is 29.3 Å². The van der Waals surface area contributed by atoms with Crippen molar-refractivity contribution in [3.8, 4) is 0 Å². The number of rotatable bonds is 5. The molecule has 0 bridgehead atoms. The summed E-state index contributed by atoms with van der Waals surface area (Å²) in [5.74, 6) is -2.22. The molecule has 0 saturated carbocycles. The topological polar surface area (TPSA) is 95.8 Å². The minimum absolute atomic E-state index is 0.128. The smallest absolute Gasteiger partial charge is 0.239 e. The van der Waals surface area contributed by atoms with Gasteiger partial charge < -0.3 is 9.45 Å². The number of benzene rings is 1. The molecule has 0 aliphatic heterocycles. The number of hydrogen-bond donors (Lipinski definition) is 1. The number of ketones is 2. The molecule has 6 nitrogen and oxygen atoms in total. The first-order chi connectivity index (χ1) is 11.9. The highest BCUT2D eigenvalue weighted by atomic mass is 35.5. The number of alkyl halides is 3. The van der Waals surface area contributed by atoms with Crippen LogP contribution in [0.15, 0.2) is 24.3 Å². The molecule has 146 valence electrons. The first-order valence-corrected chi connectivity index (χ1v) is 10.5. The molecule has 0 aromatic heterocycles. The second kappa shape index (κ2) is 8.54. The summed E-state index contributed by atoms with van der Waals surface area (Å²) in [5, 5.41) is 0. The Labute approximate surface area is 168 Å². The number of hydrogen-bond acceptors (Lipinski definition) is 5. The van der Waals surface area contributed by atoms with Crippen molar-refractivity contribution >= 4 is 56.5 Å².